The number of amides is 1. The summed E-state index contributed by atoms with van der Waals surface area (Å²) >= 11 is 7.49. The summed E-state index contributed by atoms with van der Waals surface area (Å²) < 4.78 is 0. The number of hydrogen-bond donors (Lipinski definition) is 3. The monoisotopic (exact) mass is 310 g/mol. The average molecular weight is 311 g/mol. The first-order chi connectivity index (χ1) is 9.63. The van der Waals surface area contributed by atoms with Gasteiger partial charge in [0.25, 0.3) is 5.91 Å². The van der Waals surface area contributed by atoms with E-state index < -0.39 is 0 Å². The predicted octanol–water partition coefficient (Wildman–Crippen LogP) is 2.57. The summed E-state index contributed by atoms with van der Waals surface area (Å²) in [6.45, 7) is 2.46. The summed E-state index contributed by atoms with van der Waals surface area (Å²) in [6, 6.07) is 4.91. The number of carbonyl (C=O) groups is 1. The largest absolute Gasteiger partial charge is 0.345 e. The zero-order valence-electron chi connectivity index (χ0n) is 10.9. The molecule has 0 aliphatic heterocycles. The van der Waals surface area contributed by atoms with Crippen molar-refractivity contribution in [3.05, 3.63) is 44.9 Å². The number of aromatic nitrogens is 1. The topological polar surface area (TPSA) is 80.0 Å². The van der Waals surface area contributed by atoms with Gasteiger partial charge >= 0.3 is 0 Å². The summed E-state index contributed by atoms with van der Waals surface area (Å²) in [5.41, 5.74) is 3.42. The van der Waals surface area contributed by atoms with Gasteiger partial charge in [-0.3, -0.25) is 10.6 Å². The van der Waals surface area contributed by atoms with Crippen LogP contribution in [0.2, 0.25) is 5.02 Å². The van der Waals surface area contributed by atoms with Crippen LogP contribution in [0.25, 0.3) is 0 Å². The maximum atomic E-state index is 12.1. The van der Waals surface area contributed by atoms with Gasteiger partial charge in [0.2, 0.25) is 0 Å². The van der Waals surface area contributed by atoms with E-state index >= 15 is 0 Å². The second-order valence-corrected chi connectivity index (χ2v) is 5.73. The number of benzene rings is 1. The average Bonchev–Trinajstić information content (AvgIpc) is 2.92. The molecule has 0 aliphatic rings. The smallest absolute Gasteiger partial charge is 0.253 e. The van der Waals surface area contributed by atoms with E-state index in [0.717, 1.165) is 11.4 Å². The van der Waals surface area contributed by atoms with Crippen LogP contribution in [0.15, 0.2) is 24.4 Å². The third-order valence-electron chi connectivity index (χ3n) is 2.73. The Kier molecular flexibility index (Phi) is 4.94. The van der Waals surface area contributed by atoms with Gasteiger partial charge in [0.05, 0.1) is 17.8 Å². The number of carbonyl (C=O) groups excluding carboxylic acids is 1. The Balaban J connectivity index is 2.06. The number of nitrogens with two attached hydrogens (primary N) is 1. The number of nitrogens with zero attached hydrogens (tertiary/aromatic N) is 1. The first-order valence-corrected chi connectivity index (χ1v) is 7.31. The highest BCUT2D eigenvalue weighted by Crippen LogP contribution is 2.20. The van der Waals surface area contributed by atoms with Crippen molar-refractivity contribution in [2.75, 3.05) is 5.43 Å². The van der Waals surface area contributed by atoms with Crippen molar-refractivity contribution in [1.29, 1.82) is 0 Å². The molecule has 0 atom stereocenters. The van der Waals surface area contributed by atoms with E-state index in [1.54, 1.807) is 29.5 Å². The molecule has 1 aromatic carbocycles. The highest BCUT2D eigenvalue weighted by atomic mass is 35.5. The van der Waals surface area contributed by atoms with E-state index in [0.29, 0.717) is 22.8 Å². The molecule has 0 saturated heterocycles. The van der Waals surface area contributed by atoms with E-state index in [2.05, 4.69) is 22.7 Å². The van der Waals surface area contributed by atoms with Crippen LogP contribution < -0.4 is 16.6 Å². The molecule has 2 aromatic rings. The van der Waals surface area contributed by atoms with E-state index in [1.165, 1.54) is 4.88 Å². The first kappa shape index (κ1) is 14.8. The Bertz CT molecular complexity index is 614. The fourth-order valence-electron chi connectivity index (χ4n) is 1.67. The quantitative estimate of drug-likeness (QED) is 0.586. The lowest BCUT2D eigenvalue weighted by Crippen LogP contribution is -2.24. The number of nitrogens with one attached hydrogen (secondary N) is 2. The highest BCUT2D eigenvalue weighted by Gasteiger charge is 2.12. The molecule has 2 rings (SSSR count). The molecule has 0 spiro atoms. The number of nitrogen functional groups attached to an aromatic ring is 1. The van der Waals surface area contributed by atoms with Crippen molar-refractivity contribution in [2.45, 2.75) is 19.9 Å². The number of rotatable bonds is 5. The van der Waals surface area contributed by atoms with Crippen LogP contribution in [0.1, 0.15) is 27.2 Å². The zero-order chi connectivity index (χ0) is 14.5. The molecule has 1 amide bonds. The fraction of sp³-hybridized carbons (Fsp3) is 0.231. The molecule has 106 valence electrons. The van der Waals surface area contributed by atoms with Crippen LogP contribution >= 0.6 is 22.9 Å². The molecule has 0 radical (unpaired) electrons. The number of thiazole rings is 1. The molecule has 5 nitrogen and oxygen atoms in total. The Labute approximate surface area is 126 Å². The number of halogens is 1. The van der Waals surface area contributed by atoms with Gasteiger partial charge in [-0.15, -0.1) is 11.3 Å². The summed E-state index contributed by atoms with van der Waals surface area (Å²) in [5.74, 6) is 5.14. The van der Waals surface area contributed by atoms with Crippen molar-refractivity contribution in [2.24, 2.45) is 5.84 Å². The Morgan fingerprint density at radius 1 is 1.50 bits per heavy atom. The maximum absolute atomic E-state index is 12.1. The van der Waals surface area contributed by atoms with E-state index in [4.69, 9.17) is 17.4 Å². The highest BCUT2D eigenvalue weighted by molar-refractivity contribution is 7.11. The minimum atomic E-state index is -0.242. The first-order valence-electron chi connectivity index (χ1n) is 6.12. The molecule has 0 unspecified atom stereocenters. The van der Waals surface area contributed by atoms with E-state index in [-0.39, 0.29) is 5.91 Å². The third kappa shape index (κ3) is 3.47. The lowest BCUT2D eigenvalue weighted by molar-refractivity contribution is 0.0951. The van der Waals surface area contributed by atoms with Crippen molar-refractivity contribution in [1.82, 2.24) is 10.3 Å². The Morgan fingerprint density at radius 3 is 2.95 bits per heavy atom. The minimum absolute atomic E-state index is 0.242. The third-order valence-corrected chi connectivity index (χ3v) is 4.11. The second-order valence-electron chi connectivity index (χ2n) is 4.09. The van der Waals surface area contributed by atoms with Gasteiger partial charge < -0.3 is 10.7 Å². The number of hydrazine groups is 1. The minimum Gasteiger partial charge on any atom is -0.345 e. The molecule has 20 heavy (non-hydrogen) atoms. The predicted molar refractivity (Wildman–Crippen MR) is 81.9 cm³/mol. The van der Waals surface area contributed by atoms with Crippen molar-refractivity contribution in [3.8, 4) is 0 Å². The van der Waals surface area contributed by atoms with Gasteiger partial charge in [-0.25, -0.2) is 4.98 Å². The van der Waals surface area contributed by atoms with Crippen LogP contribution in [-0.4, -0.2) is 10.9 Å². The summed E-state index contributed by atoms with van der Waals surface area (Å²) in [5, 5.41) is 4.17. The van der Waals surface area contributed by atoms with E-state index in [1.807, 2.05) is 6.20 Å². The van der Waals surface area contributed by atoms with Crippen LogP contribution in [0.3, 0.4) is 0 Å². The molecule has 7 heteroatoms. The van der Waals surface area contributed by atoms with Crippen molar-refractivity contribution < 1.29 is 4.79 Å². The number of hydrogen-bond acceptors (Lipinski definition) is 5. The van der Waals surface area contributed by atoms with E-state index in [9.17, 15) is 4.79 Å². The molecule has 1 aromatic heterocycles. The zero-order valence-corrected chi connectivity index (χ0v) is 12.5. The maximum Gasteiger partial charge on any atom is 0.253 e. The van der Waals surface area contributed by atoms with Crippen molar-refractivity contribution >= 4 is 34.5 Å². The molecule has 0 saturated carbocycles. The van der Waals surface area contributed by atoms with Gasteiger partial charge in [0.1, 0.15) is 5.01 Å². The van der Waals surface area contributed by atoms with Gasteiger partial charge in [-0.05, 0) is 24.6 Å². The van der Waals surface area contributed by atoms with Gasteiger partial charge in [0, 0.05) is 16.1 Å². The van der Waals surface area contributed by atoms with Crippen LogP contribution in [0.4, 0.5) is 5.69 Å². The Hall–Kier alpha value is -1.63. The lowest BCUT2D eigenvalue weighted by atomic mass is 10.1. The number of aryl methyl sites for hydroxylation is 1. The second kappa shape index (κ2) is 6.69. The molecule has 4 N–H and O–H groups in total. The van der Waals surface area contributed by atoms with Crippen LogP contribution in [0, 0.1) is 0 Å². The molecule has 0 fully saturated rings. The number of anilines is 1. The van der Waals surface area contributed by atoms with Crippen LogP contribution in [0.5, 0.6) is 0 Å². The fourth-order valence-corrected chi connectivity index (χ4v) is 2.65. The standard InChI is InChI=1S/C13H15ClN4OS/c1-2-9-6-16-12(20-9)7-17-13(19)10-5-8(14)3-4-11(10)18-15/h3-6,18H,2,7,15H2,1H3,(H,17,19). The van der Waals surface area contributed by atoms with Gasteiger partial charge in [-0.2, -0.15) is 0 Å². The van der Waals surface area contributed by atoms with Crippen LogP contribution in [-0.2, 0) is 13.0 Å². The van der Waals surface area contributed by atoms with Gasteiger partial charge in [-0.1, -0.05) is 18.5 Å². The molecule has 0 aliphatic carbocycles. The Morgan fingerprint density at radius 2 is 2.30 bits per heavy atom. The molecular weight excluding hydrogens is 296 g/mol. The normalized spacial score (nSPS) is 10.3. The molecule has 0 bridgehead atoms. The molecule has 1 heterocycles. The summed E-state index contributed by atoms with van der Waals surface area (Å²) in [4.78, 5) is 17.6. The van der Waals surface area contributed by atoms with Crippen molar-refractivity contribution in [3.63, 3.8) is 0 Å². The lowest BCUT2D eigenvalue weighted by Gasteiger charge is -2.09. The summed E-state index contributed by atoms with van der Waals surface area (Å²) in [6.07, 6.45) is 2.78. The molecular formula is C13H15ClN4OS. The van der Waals surface area contributed by atoms with Gasteiger partial charge in [0.15, 0.2) is 0 Å². The SMILES string of the molecule is CCc1cnc(CNC(=O)c2cc(Cl)ccc2NN)s1. The summed E-state index contributed by atoms with van der Waals surface area (Å²) in [7, 11) is 0.